The van der Waals surface area contributed by atoms with E-state index in [4.69, 9.17) is 4.74 Å². The number of ether oxygens (including phenoxy) is 1. The largest absolute Gasteiger partial charge is 0.483 e. The SMILES string of the molecule is CNC(=O)COc1ccc(CNCC(C)C)cc1Br. The number of rotatable bonds is 7. The summed E-state index contributed by atoms with van der Waals surface area (Å²) in [6.45, 7) is 6.20. The summed E-state index contributed by atoms with van der Waals surface area (Å²) >= 11 is 3.46. The fraction of sp³-hybridized carbons (Fsp3) is 0.500. The number of hydrogen-bond donors (Lipinski definition) is 2. The average Bonchev–Trinajstić information content (AvgIpc) is 2.37. The molecule has 0 bridgehead atoms. The van der Waals surface area contributed by atoms with Gasteiger partial charge in [0.2, 0.25) is 0 Å². The number of amides is 1. The van der Waals surface area contributed by atoms with Crippen molar-refractivity contribution in [1.29, 1.82) is 0 Å². The zero-order valence-electron chi connectivity index (χ0n) is 11.6. The van der Waals surface area contributed by atoms with Crippen LogP contribution in [0.1, 0.15) is 19.4 Å². The molecule has 19 heavy (non-hydrogen) atoms. The molecule has 4 nitrogen and oxygen atoms in total. The molecule has 2 N–H and O–H groups in total. The van der Waals surface area contributed by atoms with Crippen molar-refractivity contribution < 1.29 is 9.53 Å². The van der Waals surface area contributed by atoms with E-state index in [9.17, 15) is 4.79 Å². The summed E-state index contributed by atoms with van der Waals surface area (Å²) in [6.07, 6.45) is 0. The zero-order valence-corrected chi connectivity index (χ0v) is 13.2. The fourth-order valence-electron chi connectivity index (χ4n) is 1.49. The average molecular weight is 329 g/mol. The lowest BCUT2D eigenvalue weighted by atomic mass is 10.2. The molecular formula is C14H21BrN2O2. The van der Waals surface area contributed by atoms with Gasteiger partial charge in [-0.25, -0.2) is 0 Å². The number of halogens is 1. The van der Waals surface area contributed by atoms with Gasteiger partial charge >= 0.3 is 0 Å². The fourth-order valence-corrected chi connectivity index (χ4v) is 2.03. The number of hydrogen-bond acceptors (Lipinski definition) is 3. The number of carbonyl (C=O) groups excluding carboxylic acids is 1. The van der Waals surface area contributed by atoms with Crippen LogP contribution in [0, 0.1) is 5.92 Å². The van der Waals surface area contributed by atoms with Gasteiger partial charge in [-0.15, -0.1) is 0 Å². The van der Waals surface area contributed by atoms with E-state index in [1.807, 2.05) is 18.2 Å². The Hall–Kier alpha value is -1.07. The Morgan fingerprint density at radius 2 is 2.16 bits per heavy atom. The quantitative estimate of drug-likeness (QED) is 0.807. The highest BCUT2D eigenvalue weighted by Crippen LogP contribution is 2.25. The van der Waals surface area contributed by atoms with Crippen LogP contribution in [-0.4, -0.2) is 26.1 Å². The molecule has 0 saturated carbocycles. The van der Waals surface area contributed by atoms with Gasteiger partial charge in [-0.1, -0.05) is 19.9 Å². The second kappa shape index (κ2) is 8.17. The van der Waals surface area contributed by atoms with Crippen LogP contribution in [0.2, 0.25) is 0 Å². The third-order valence-corrected chi connectivity index (χ3v) is 3.14. The first-order valence-electron chi connectivity index (χ1n) is 6.35. The van der Waals surface area contributed by atoms with Crippen LogP contribution < -0.4 is 15.4 Å². The Balaban J connectivity index is 2.51. The maximum Gasteiger partial charge on any atom is 0.257 e. The van der Waals surface area contributed by atoms with E-state index in [1.165, 1.54) is 5.56 Å². The van der Waals surface area contributed by atoms with E-state index < -0.39 is 0 Å². The van der Waals surface area contributed by atoms with Crippen molar-refractivity contribution in [3.8, 4) is 5.75 Å². The van der Waals surface area contributed by atoms with Crippen molar-refractivity contribution in [2.45, 2.75) is 20.4 Å². The van der Waals surface area contributed by atoms with Crippen molar-refractivity contribution in [1.82, 2.24) is 10.6 Å². The summed E-state index contributed by atoms with van der Waals surface area (Å²) in [5, 5.41) is 5.90. The van der Waals surface area contributed by atoms with E-state index in [-0.39, 0.29) is 12.5 Å². The zero-order chi connectivity index (χ0) is 14.3. The predicted octanol–water partition coefficient (Wildman–Crippen LogP) is 2.32. The molecule has 0 heterocycles. The molecule has 0 fully saturated rings. The molecule has 0 aliphatic carbocycles. The second-order valence-corrected chi connectivity index (χ2v) is 5.61. The van der Waals surface area contributed by atoms with Crippen LogP contribution in [0.4, 0.5) is 0 Å². The lowest BCUT2D eigenvalue weighted by molar-refractivity contribution is -0.122. The first kappa shape index (κ1) is 16.0. The Morgan fingerprint density at radius 3 is 2.74 bits per heavy atom. The van der Waals surface area contributed by atoms with Gasteiger partial charge in [-0.3, -0.25) is 4.79 Å². The molecule has 1 rings (SSSR count). The Bertz CT molecular complexity index is 422. The van der Waals surface area contributed by atoms with Gasteiger partial charge in [0.1, 0.15) is 5.75 Å². The number of benzene rings is 1. The van der Waals surface area contributed by atoms with E-state index in [2.05, 4.69) is 40.4 Å². The predicted molar refractivity (Wildman–Crippen MR) is 80.2 cm³/mol. The highest BCUT2D eigenvalue weighted by molar-refractivity contribution is 9.10. The van der Waals surface area contributed by atoms with Crippen molar-refractivity contribution in [2.24, 2.45) is 5.92 Å². The van der Waals surface area contributed by atoms with Gasteiger partial charge < -0.3 is 15.4 Å². The molecule has 0 aliphatic rings. The third-order valence-electron chi connectivity index (χ3n) is 2.52. The van der Waals surface area contributed by atoms with Gasteiger partial charge in [0, 0.05) is 13.6 Å². The van der Waals surface area contributed by atoms with Gasteiger partial charge in [0.05, 0.1) is 4.47 Å². The smallest absolute Gasteiger partial charge is 0.257 e. The van der Waals surface area contributed by atoms with Crippen molar-refractivity contribution in [3.05, 3.63) is 28.2 Å². The lowest BCUT2D eigenvalue weighted by Crippen LogP contribution is -2.24. The van der Waals surface area contributed by atoms with E-state index in [0.29, 0.717) is 11.7 Å². The van der Waals surface area contributed by atoms with Gasteiger partial charge in [-0.2, -0.15) is 0 Å². The first-order chi connectivity index (χ1) is 9.02. The molecule has 0 aliphatic heterocycles. The van der Waals surface area contributed by atoms with Gasteiger partial charge in [0.15, 0.2) is 6.61 Å². The minimum absolute atomic E-state index is 0.0278. The van der Waals surface area contributed by atoms with E-state index in [1.54, 1.807) is 7.05 Å². The highest BCUT2D eigenvalue weighted by Gasteiger charge is 2.05. The van der Waals surface area contributed by atoms with Crippen LogP contribution >= 0.6 is 15.9 Å². The highest BCUT2D eigenvalue weighted by atomic mass is 79.9. The molecule has 0 atom stereocenters. The topological polar surface area (TPSA) is 50.4 Å². The molecule has 0 unspecified atom stereocenters. The molecule has 1 aromatic carbocycles. The summed E-state index contributed by atoms with van der Waals surface area (Å²) < 4.78 is 6.27. The van der Waals surface area contributed by atoms with E-state index in [0.717, 1.165) is 17.6 Å². The maximum atomic E-state index is 11.1. The molecule has 1 aromatic rings. The van der Waals surface area contributed by atoms with E-state index >= 15 is 0 Å². The standard InChI is InChI=1S/C14H21BrN2O2/c1-10(2)7-17-8-11-4-5-13(12(15)6-11)19-9-14(18)16-3/h4-6,10,17H,7-9H2,1-3H3,(H,16,18). The molecule has 5 heteroatoms. The minimum Gasteiger partial charge on any atom is -0.483 e. The Morgan fingerprint density at radius 1 is 1.42 bits per heavy atom. The number of nitrogens with one attached hydrogen (secondary N) is 2. The minimum atomic E-state index is -0.144. The molecular weight excluding hydrogens is 308 g/mol. The number of carbonyl (C=O) groups is 1. The lowest BCUT2D eigenvalue weighted by Gasteiger charge is -2.10. The number of likely N-dealkylation sites (N-methyl/N-ethyl adjacent to an activating group) is 1. The summed E-state index contributed by atoms with van der Waals surface area (Å²) in [5.41, 5.74) is 1.18. The third kappa shape index (κ3) is 6.07. The molecule has 106 valence electrons. The van der Waals surface area contributed by atoms with Crippen LogP contribution in [-0.2, 0) is 11.3 Å². The Labute approximate surface area is 123 Å². The van der Waals surface area contributed by atoms with Crippen LogP contribution in [0.3, 0.4) is 0 Å². The summed E-state index contributed by atoms with van der Waals surface area (Å²) in [6, 6.07) is 5.88. The monoisotopic (exact) mass is 328 g/mol. The Kier molecular flexibility index (Phi) is 6.87. The van der Waals surface area contributed by atoms with Crippen molar-refractivity contribution in [3.63, 3.8) is 0 Å². The molecule has 0 spiro atoms. The van der Waals surface area contributed by atoms with Crippen LogP contribution in [0.15, 0.2) is 22.7 Å². The van der Waals surface area contributed by atoms with Gasteiger partial charge in [0.25, 0.3) is 5.91 Å². The summed E-state index contributed by atoms with van der Waals surface area (Å²) in [4.78, 5) is 11.1. The van der Waals surface area contributed by atoms with Crippen molar-refractivity contribution >= 4 is 21.8 Å². The summed E-state index contributed by atoms with van der Waals surface area (Å²) in [7, 11) is 1.59. The summed E-state index contributed by atoms with van der Waals surface area (Å²) in [5.74, 6) is 1.17. The second-order valence-electron chi connectivity index (χ2n) is 4.75. The normalized spacial score (nSPS) is 10.6. The molecule has 0 aromatic heterocycles. The molecule has 0 radical (unpaired) electrons. The molecule has 1 amide bonds. The maximum absolute atomic E-state index is 11.1. The molecule has 0 saturated heterocycles. The van der Waals surface area contributed by atoms with Crippen molar-refractivity contribution in [2.75, 3.05) is 20.2 Å². The van der Waals surface area contributed by atoms with Crippen LogP contribution in [0.5, 0.6) is 5.75 Å². The van der Waals surface area contributed by atoms with Crippen LogP contribution in [0.25, 0.3) is 0 Å². The first-order valence-corrected chi connectivity index (χ1v) is 7.14. The van der Waals surface area contributed by atoms with Gasteiger partial charge in [-0.05, 0) is 46.1 Å².